The van der Waals surface area contributed by atoms with E-state index >= 15 is 0 Å². The minimum atomic E-state index is 0.00480. The molecule has 0 unspecified atom stereocenters. The first-order valence-corrected chi connectivity index (χ1v) is 3.52. The predicted molar refractivity (Wildman–Crippen MR) is 44.4 cm³/mol. The molecule has 0 aromatic carbocycles. The van der Waals surface area contributed by atoms with Gasteiger partial charge in [-0.1, -0.05) is 0 Å². The van der Waals surface area contributed by atoms with Crippen LogP contribution in [0.3, 0.4) is 0 Å². The van der Waals surface area contributed by atoms with E-state index < -0.39 is 0 Å². The summed E-state index contributed by atoms with van der Waals surface area (Å²) in [6, 6.07) is 1.87. The number of rotatable bonds is 2. The molecule has 1 heterocycles. The molecule has 1 aromatic rings. The molecule has 60 valence electrons. The number of nitrogens with zero attached hydrogens (tertiary/aromatic N) is 1. The van der Waals surface area contributed by atoms with Crippen molar-refractivity contribution in [2.24, 2.45) is 0 Å². The van der Waals surface area contributed by atoms with Crippen LogP contribution in [0.5, 0.6) is 0 Å². The Kier molecular flexibility index (Phi) is 2.44. The number of pyridine rings is 1. The maximum atomic E-state index is 8.74. The van der Waals surface area contributed by atoms with E-state index in [4.69, 9.17) is 5.11 Å². The Labute approximate surface area is 66.1 Å². The smallest absolute Gasteiger partial charge is 0.0853 e. The first kappa shape index (κ1) is 8.01. The highest BCUT2D eigenvalue weighted by Gasteiger charge is 1.97. The highest BCUT2D eigenvalue weighted by molar-refractivity contribution is 5.48. The zero-order valence-corrected chi connectivity index (χ0v) is 6.76. The Morgan fingerprint density at radius 3 is 2.82 bits per heavy atom. The Balaban J connectivity index is 2.99. The Bertz CT molecular complexity index is 248. The predicted octanol–water partition coefficient (Wildman–Crippen LogP) is 0.924. The fourth-order valence-electron chi connectivity index (χ4n) is 0.962. The molecule has 0 radical (unpaired) electrons. The molecule has 0 atom stereocenters. The summed E-state index contributed by atoms with van der Waals surface area (Å²) < 4.78 is 0. The molecule has 0 spiro atoms. The molecule has 3 heteroatoms. The first-order valence-electron chi connectivity index (χ1n) is 3.52. The molecule has 0 aliphatic carbocycles. The van der Waals surface area contributed by atoms with Gasteiger partial charge in [0.15, 0.2) is 0 Å². The van der Waals surface area contributed by atoms with Crippen LogP contribution in [0, 0.1) is 6.92 Å². The number of nitrogens with one attached hydrogen (secondary N) is 1. The Morgan fingerprint density at radius 1 is 1.64 bits per heavy atom. The van der Waals surface area contributed by atoms with E-state index in [9.17, 15) is 0 Å². The molecular formula is C8H12N2O. The van der Waals surface area contributed by atoms with Crippen LogP contribution in [-0.2, 0) is 6.61 Å². The Hall–Kier alpha value is -1.09. The van der Waals surface area contributed by atoms with Crippen LogP contribution in [0.2, 0.25) is 0 Å². The van der Waals surface area contributed by atoms with Crippen LogP contribution in [0.4, 0.5) is 5.69 Å². The first-order chi connectivity index (χ1) is 5.27. The third kappa shape index (κ3) is 1.68. The minimum Gasteiger partial charge on any atom is -0.390 e. The number of anilines is 1. The van der Waals surface area contributed by atoms with Crippen molar-refractivity contribution < 1.29 is 5.11 Å². The van der Waals surface area contributed by atoms with Gasteiger partial charge in [-0.25, -0.2) is 0 Å². The van der Waals surface area contributed by atoms with Crippen molar-refractivity contribution in [3.05, 3.63) is 23.5 Å². The van der Waals surface area contributed by atoms with Crippen LogP contribution < -0.4 is 5.32 Å². The van der Waals surface area contributed by atoms with Crippen molar-refractivity contribution in [3.8, 4) is 0 Å². The molecule has 0 aliphatic heterocycles. The van der Waals surface area contributed by atoms with Gasteiger partial charge in [0, 0.05) is 7.05 Å². The van der Waals surface area contributed by atoms with Crippen LogP contribution in [0.25, 0.3) is 0 Å². The Morgan fingerprint density at radius 2 is 2.36 bits per heavy atom. The van der Waals surface area contributed by atoms with Crippen molar-refractivity contribution in [2.45, 2.75) is 13.5 Å². The van der Waals surface area contributed by atoms with E-state index in [1.807, 2.05) is 20.0 Å². The van der Waals surface area contributed by atoms with Crippen molar-refractivity contribution in [1.82, 2.24) is 4.98 Å². The van der Waals surface area contributed by atoms with E-state index in [-0.39, 0.29) is 6.61 Å². The second-order valence-electron chi connectivity index (χ2n) is 2.40. The van der Waals surface area contributed by atoms with E-state index in [2.05, 4.69) is 10.3 Å². The summed E-state index contributed by atoms with van der Waals surface area (Å²) in [6.07, 6.45) is 1.72. The van der Waals surface area contributed by atoms with E-state index in [1.54, 1.807) is 6.20 Å². The lowest BCUT2D eigenvalue weighted by atomic mass is 10.2. The SMILES string of the molecule is CNc1cnc(CO)cc1C. The summed E-state index contributed by atoms with van der Waals surface area (Å²) in [5.74, 6) is 0. The summed E-state index contributed by atoms with van der Waals surface area (Å²) in [5.41, 5.74) is 2.82. The van der Waals surface area contributed by atoms with Gasteiger partial charge in [0.1, 0.15) is 0 Å². The number of aliphatic hydroxyl groups is 1. The largest absolute Gasteiger partial charge is 0.390 e. The van der Waals surface area contributed by atoms with Gasteiger partial charge in [0.05, 0.1) is 24.2 Å². The third-order valence-electron chi connectivity index (χ3n) is 1.60. The lowest BCUT2D eigenvalue weighted by molar-refractivity contribution is 0.277. The fourth-order valence-corrected chi connectivity index (χ4v) is 0.962. The second-order valence-corrected chi connectivity index (χ2v) is 2.40. The van der Waals surface area contributed by atoms with Crippen LogP contribution in [-0.4, -0.2) is 17.1 Å². The van der Waals surface area contributed by atoms with Crippen molar-refractivity contribution in [3.63, 3.8) is 0 Å². The summed E-state index contributed by atoms with van der Waals surface area (Å²) in [6.45, 7) is 1.98. The van der Waals surface area contributed by atoms with Crippen molar-refractivity contribution in [2.75, 3.05) is 12.4 Å². The lowest BCUT2D eigenvalue weighted by Gasteiger charge is -2.04. The second kappa shape index (κ2) is 3.34. The molecule has 0 bridgehead atoms. The van der Waals surface area contributed by atoms with Crippen molar-refractivity contribution in [1.29, 1.82) is 0 Å². The van der Waals surface area contributed by atoms with E-state index in [1.165, 1.54) is 0 Å². The van der Waals surface area contributed by atoms with Gasteiger partial charge < -0.3 is 10.4 Å². The van der Waals surface area contributed by atoms with E-state index in [0.29, 0.717) is 5.69 Å². The van der Waals surface area contributed by atoms with Gasteiger partial charge in [0.2, 0.25) is 0 Å². The normalized spacial score (nSPS) is 9.73. The zero-order chi connectivity index (χ0) is 8.27. The molecule has 2 N–H and O–H groups in total. The highest BCUT2D eigenvalue weighted by atomic mass is 16.3. The average molecular weight is 152 g/mol. The molecule has 0 saturated carbocycles. The van der Waals surface area contributed by atoms with Gasteiger partial charge in [-0.15, -0.1) is 0 Å². The lowest BCUT2D eigenvalue weighted by Crippen LogP contribution is -1.96. The molecule has 0 amide bonds. The summed E-state index contributed by atoms with van der Waals surface area (Å²) in [5, 5.41) is 11.7. The summed E-state index contributed by atoms with van der Waals surface area (Å²) in [4.78, 5) is 4.02. The topological polar surface area (TPSA) is 45.2 Å². The monoisotopic (exact) mass is 152 g/mol. The maximum absolute atomic E-state index is 8.74. The minimum absolute atomic E-state index is 0.00480. The summed E-state index contributed by atoms with van der Waals surface area (Å²) >= 11 is 0. The molecule has 1 aromatic heterocycles. The van der Waals surface area contributed by atoms with Gasteiger partial charge in [-0.3, -0.25) is 4.98 Å². The highest BCUT2D eigenvalue weighted by Crippen LogP contribution is 2.12. The van der Waals surface area contributed by atoms with Gasteiger partial charge in [0.25, 0.3) is 0 Å². The zero-order valence-electron chi connectivity index (χ0n) is 6.76. The molecule has 1 rings (SSSR count). The molecule has 3 nitrogen and oxygen atoms in total. The van der Waals surface area contributed by atoms with Crippen LogP contribution in [0.15, 0.2) is 12.3 Å². The summed E-state index contributed by atoms with van der Waals surface area (Å²) in [7, 11) is 1.85. The van der Waals surface area contributed by atoms with Gasteiger partial charge >= 0.3 is 0 Å². The average Bonchev–Trinajstić information content (AvgIpc) is 2.04. The van der Waals surface area contributed by atoms with Crippen molar-refractivity contribution >= 4 is 5.69 Å². The van der Waals surface area contributed by atoms with Gasteiger partial charge in [-0.05, 0) is 18.6 Å². The third-order valence-corrected chi connectivity index (χ3v) is 1.60. The standard InChI is InChI=1S/C8H12N2O/c1-6-3-7(5-11)10-4-8(6)9-2/h3-4,9,11H,5H2,1-2H3. The quantitative estimate of drug-likeness (QED) is 0.662. The fraction of sp³-hybridized carbons (Fsp3) is 0.375. The molecule has 11 heavy (non-hydrogen) atoms. The number of hydrogen-bond donors (Lipinski definition) is 2. The maximum Gasteiger partial charge on any atom is 0.0853 e. The number of aromatic nitrogens is 1. The number of aliphatic hydroxyl groups excluding tert-OH is 1. The van der Waals surface area contributed by atoms with Crippen LogP contribution in [0.1, 0.15) is 11.3 Å². The number of hydrogen-bond acceptors (Lipinski definition) is 3. The number of aryl methyl sites for hydroxylation is 1. The molecule has 0 saturated heterocycles. The van der Waals surface area contributed by atoms with E-state index in [0.717, 1.165) is 11.3 Å². The molecular weight excluding hydrogens is 140 g/mol. The molecule has 0 aliphatic rings. The molecule has 0 fully saturated rings. The van der Waals surface area contributed by atoms with Gasteiger partial charge in [-0.2, -0.15) is 0 Å². The van der Waals surface area contributed by atoms with Crippen LogP contribution >= 0.6 is 0 Å².